The second-order valence-electron chi connectivity index (χ2n) is 4.26. The maximum absolute atomic E-state index is 11.6. The zero-order valence-electron chi connectivity index (χ0n) is 10.1. The Labute approximate surface area is 118 Å². The number of halogens is 1. The molecule has 2 aromatic rings. The Morgan fingerprint density at radius 2 is 1.90 bits per heavy atom. The zero-order chi connectivity index (χ0) is 14.3. The van der Waals surface area contributed by atoms with Crippen molar-refractivity contribution in [2.45, 2.75) is 0 Å². The molecular formula is C13H9ClN4O2. The maximum Gasteiger partial charge on any atom is 0.259 e. The molecule has 1 aliphatic heterocycles. The van der Waals surface area contributed by atoms with Crippen LogP contribution in [0.2, 0.25) is 5.02 Å². The Bertz CT molecular complexity index is 745. The Kier molecular flexibility index (Phi) is 2.80. The fourth-order valence-electron chi connectivity index (χ4n) is 1.94. The summed E-state index contributed by atoms with van der Waals surface area (Å²) in [5, 5.41) is 5.64. The predicted octanol–water partition coefficient (Wildman–Crippen LogP) is 1.94. The molecule has 0 spiro atoms. The monoisotopic (exact) mass is 288 g/mol. The first kappa shape index (κ1) is 12.4. The first-order valence-corrected chi connectivity index (χ1v) is 6.10. The summed E-state index contributed by atoms with van der Waals surface area (Å²) in [4.78, 5) is 27.1. The second kappa shape index (κ2) is 4.50. The van der Waals surface area contributed by atoms with Crippen molar-refractivity contribution in [3.8, 4) is 0 Å². The molecule has 0 aliphatic carbocycles. The van der Waals surface area contributed by atoms with E-state index >= 15 is 0 Å². The summed E-state index contributed by atoms with van der Waals surface area (Å²) >= 11 is 5.77. The lowest BCUT2D eigenvalue weighted by Crippen LogP contribution is -2.19. The summed E-state index contributed by atoms with van der Waals surface area (Å²) < 4.78 is 0. The van der Waals surface area contributed by atoms with Crippen molar-refractivity contribution in [3.63, 3.8) is 0 Å². The largest absolute Gasteiger partial charge is 0.396 e. The number of aromatic nitrogens is 1. The Balaban J connectivity index is 1.95. The molecule has 0 saturated carbocycles. The average Bonchev–Trinajstić information content (AvgIpc) is 2.68. The molecule has 6 nitrogen and oxygen atoms in total. The molecule has 0 atom stereocenters. The van der Waals surface area contributed by atoms with Gasteiger partial charge in [0.15, 0.2) is 5.82 Å². The predicted molar refractivity (Wildman–Crippen MR) is 75.2 cm³/mol. The van der Waals surface area contributed by atoms with Gasteiger partial charge >= 0.3 is 0 Å². The van der Waals surface area contributed by atoms with Gasteiger partial charge in [-0.1, -0.05) is 11.6 Å². The van der Waals surface area contributed by atoms with Crippen molar-refractivity contribution < 1.29 is 9.59 Å². The molecule has 20 heavy (non-hydrogen) atoms. The van der Waals surface area contributed by atoms with Crippen LogP contribution in [-0.2, 0) is 0 Å². The number of carbonyl (C=O) groups excluding carboxylic acids is 2. The summed E-state index contributed by atoms with van der Waals surface area (Å²) in [7, 11) is 0. The smallest absolute Gasteiger partial charge is 0.259 e. The summed E-state index contributed by atoms with van der Waals surface area (Å²) in [6.07, 6.45) is 1.46. The molecule has 3 rings (SSSR count). The highest BCUT2D eigenvalue weighted by Gasteiger charge is 2.26. The van der Waals surface area contributed by atoms with E-state index in [1.54, 1.807) is 24.3 Å². The molecule has 2 heterocycles. The minimum atomic E-state index is -0.411. The standard InChI is InChI=1S/C13H9ClN4O2/c14-6-3-10(15)11(16-5-6)17-7-1-2-8-9(4-7)13(20)18-12(8)19/h1-5H,15H2,(H,16,17)(H,18,19,20). The lowest BCUT2D eigenvalue weighted by molar-refractivity contribution is 0.0879. The molecule has 1 aromatic carbocycles. The number of fused-ring (bicyclic) bond motifs is 1. The van der Waals surface area contributed by atoms with Crippen LogP contribution in [0.4, 0.5) is 17.2 Å². The first-order valence-electron chi connectivity index (χ1n) is 5.72. The van der Waals surface area contributed by atoms with E-state index in [0.29, 0.717) is 33.3 Å². The van der Waals surface area contributed by atoms with Crippen LogP contribution >= 0.6 is 11.6 Å². The molecule has 2 amide bonds. The number of carbonyl (C=O) groups is 2. The van der Waals surface area contributed by atoms with Crippen molar-refractivity contribution in [3.05, 3.63) is 46.6 Å². The van der Waals surface area contributed by atoms with Crippen molar-refractivity contribution in [1.82, 2.24) is 10.3 Å². The van der Waals surface area contributed by atoms with Crippen LogP contribution in [0.5, 0.6) is 0 Å². The molecule has 0 fully saturated rings. The van der Waals surface area contributed by atoms with E-state index in [2.05, 4.69) is 15.6 Å². The van der Waals surface area contributed by atoms with E-state index < -0.39 is 5.91 Å². The number of nitrogens with zero attached hydrogens (tertiary/aromatic N) is 1. The van der Waals surface area contributed by atoms with Gasteiger partial charge in [-0.3, -0.25) is 14.9 Å². The molecular weight excluding hydrogens is 280 g/mol. The van der Waals surface area contributed by atoms with Crippen LogP contribution in [-0.4, -0.2) is 16.8 Å². The van der Waals surface area contributed by atoms with E-state index in [4.69, 9.17) is 17.3 Å². The highest BCUT2D eigenvalue weighted by molar-refractivity contribution is 6.30. The van der Waals surface area contributed by atoms with Crippen molar-refractivity contribution in [2.75, 3.05) is 11.1 Å². The van der Waals surface area contributed by atoms with E-state index in [-0.39, 0.29) is 5.91 Å². The number of amides is 2. The summed E-state index contributed by atoms with van der Waals surface area (Å²) in [5.74, 6) is -0.370. The van der Waals surface area contributed by atoms with Gasteiger partial charge in [-0.2, -0.15) is 0 Å². The van der Waals surface area contributed by atoms with Gasteiger partial charge in [0.05, 0.1) is 21.8 Å². The van der Waals surface area contributed by atoms with Gasteiger partial charge in [-0.15, -0.1) is 0 Å². The molecule has 0 radical (unpaired) electrons. The van der Waals surface area contributed by atoms with Gasteiger partial charge < -0.3 is 11.1 Å². The molecule has 1 aromatic heterocycles. The third kappa shape index (κ3) is 2.06. The Morgan fingerprint density at radius 1 is 1.15 bits per heavy atom. The van der Waals surface area contributed by atoms with Gasteiger partial charge in [0.2, 0.25) is 0 Å². The van der Waals surface area contributed by atoms with E-state index in [1.807, 2.05) is 0 Å². The van der Waals surface area contributed by atoms with E-state index in [1.165, 1.54) is 6.20 Å². The van der Waals surface area contributed by atoms with Crippen LogP contribution in [0.25, 0.3) is 0 Å². The quantitative estimate of drug-likeness (QED) is 0.734. The van der Waals surface area contributed by atoms with Crippen molar-refractivity contribution >= 4 is 40.6 Å². The second-order valence-corrected chi connectivity index (χ2v) is 4.70. The first-order chi connectivity index (χ1) is 9.54. The molecule has 100 valence electrons. The molecule has 4 N–H and O–H groups in total. The Morgan fingerprint density at radius 3 is 2.65 bits per heavy atom. The number of rotatable bonds is 2. The number of hydrogen-bond acceptors (Lipinski definition) is 5. The number of imide groups is 1. The van der Waals surface area contributed by atoms with Crippen LogP contribution in [0, 0.1) is 0 Å². The fourth-order valence-corrected chi connectivity index (χ4v) is 2.11. The van der Waals surface area contributed by atoms with Gasteiger partial charge in [-0.25, -0.2) is 4.98 Å². The molecule has 1 aliphatic rings. The normalized spacial score (nSPS) is 13.1. The topological polar surface area (TPSA) is 97.1 Å². The molecule has 0 bridgehead atoms. The van der Waals surface area contributed by atoms with Crippen LogP contribution in [0.3, 0.4) is 0 Å². The minimum Gasteiger partial charge on any atom is -0.396 e. The molecule has 0 unspecified atom stereocenters. The lowest BCUT2D eigenvalue weighted by atomic mass is 10.1. The minimum absolute atomic E-state index is 0.326. The van der Waals surface area contributed by atoms with Gasteiger partial charge in [-0.05, 0) is 24.3 Å². The molecule has 0 saturated heterocycles. The highest BCUT2D eigenvalue weighted by atomic mass is 35.5. The van der Waals surface area contributed by atoms with E-state index in [0.717, 1.165) is 0 Å². The lowest BCUT2D eigenvalue weighted by Gasteiger charge is -2.09. The number of pyridine rings is 1. The summed E-state index contributed by atoms with van der Waals surface area (Å²) in [5.41, 5.74) is 7.47. The van der Waals surface area contributed by atoms with Crippen LogP contribution in [0.15, 0.2) is 30.5 Å². The number of nitrogens with one attached hydrogen (secondary N) is 2. The molecule has 7 heteroatoms. The number of anilines is 3. The summed E-state index contributed by atoms with van der Waals surface area (Å²) in [6, 6.07) is 6.39. The van der Waals surface area contributed by atoms with Crippen molar-refractivity contribution in [2.24, 2.45) is 0 Å². The highest BCUT2D eigenvalue weighted by Crippen LogP contribution is 2.26. The Hall–Kier alpha value is -2.60. The zero-order valence-corrected chi connectivity index (χ0v) is 10.9. The third-order valence-corrected chi connectivity index (χ3v) is 3.09. The van der Waals surface area contributed by atoms with Gasteiger partial charge in [0.1, 0.15) is 0 Å². The van der Waals surface area contributed by atoms with E-state index in [9.17, 15) is 9.59 Å². The third-order valence-electron chi connectivity index (χ3n) is 2.88. The maximum atomic E-state index is 11.6. The summed E-state index contributed by atoms with van der Waals surface area (Å²) in [6.45, 7) is 0. The number of benzene rings is 1. The van der Waals surface area contributed by atoms with Gasteiger partial charge in [0, 0.05) is 11.9 Å². The average molecular weight is 289 g/mol. The fraction of sp³-hybridized carbons (Fsp3) is 0. The van der Waals surface area contributed by atoms with Crippen molar-refractivity contribution in [1.29, 1.82) is 0 Å². The number of nitrogens with two attached hydrogens (primary N) is 1. The number of nitrogen functional groups attached to an aromatic ring is 1. The van der Waals surface area contributed by atoms with Crippen LogP contribution < -0.4 is 16.4 Å². The van der Waals surface area contributed by atoms with Gasteiger partial charge in [0.25, 0.3) is 11.8 Å². The SMILES string of the molecule is Nc1cc(Cl)cnc1Nc1ccc2c(c1)C(=O)NC2=O. The number of hydrogen-bond donors (Lipinski definition) is 3. The van der Waals surface area contributed by atoms with Crippen LogP contribution in [0.1, 0.15) is 20.7 Å².